The Labute approximate surface area is 159 Å². The van der Waals surface area contributed by atoms with E-state index in [4.69, 9.17) is 0 Å². The van der Waals surface area contributed by atoms with Crippen molar-refractivity contribution < 1.29 is 4.39 Å². The molecule has 1 atom stereocenters. The van der Waals surface area contributed by atoms with Crippen molar-refractivity contribution in [2.75, 3.05) is 0 Å². The Hall–Kier alpha value is -0.330. The molecule has 0 aliphatic carbocycles. The first kappa shape index (κ1) is 24.7. The number of unbranched alkanes of at least 4 members (excludes halogenated alkanes) is 13. The van der Waals surface area contributed by atoms with Crippen molar-refractivity contribution in [3.8, 4) is 0 Å². The summed E-state index contributed by atoms with van der Waals surface area (Å²) >= 11 is 0. The number of allylic oxidation sites excluding steroid dienone is 2. The fourth-order valence-corrected chi connectivity index (χ4v) is 3.50. The summed E-state index contributed by atoms with van der Waals surface area (Å²) in [4.78, 5) is 0. The lowest BCUT2D eigenvalue weighted by Gasteiger charge is -2.13. The summed E-state index contributed by atoms with van der Waals surface area (Å²) in [5.41, 5.74) is 1.11. The first-order valence-electron chi connectivity index (χ1n) is 11.6. The third kappa shape index (κ3) is 16.9. The summed E-state index contributed by atoms with van der Waals surface area (Å²) < 4.78 is 14.4. The summed E-state index contributed by atoms with van der Waals surface area (Å²) in [5.74, 6) is 0. The van der Waals surface area contributed by atoms with Crippen molar-refractivity contribution >= 4 is 0 Å². The topological polar surface area (TPSA) is 0 Å². The lowest BCUT2D eigenvalue weighted by Crippen LogP contribution is -2.04. The van der Waals surface area contributed by atoms with E-state index in [-0.39, 0.29) is 0 Å². The van der Waals surface area contributed by atoms with E-state index in [2.05, 4.69) is 26.8 Å². The van der Waals surface area contributed by atoms with Crippen LogP contribution in [0.15, 0.2) is 11.6 Å². The predicted molar refractivity (Wildman–Crippen MR) is 113 cm³/mol. The minimum atomic E-state index is -0.686. The Morgan fingerprint density at radius 2 is 1.12 bits per heavy atom. The maximum Gasteiger partial charge on any atom is 0.121 e. The lowest BCUT2D eigenvalue weighted by atomic mass is 9.97. The molecule has 0 nitrogen and oxygen atoms in total. The molecule has 150 valence electrons. The SMILES string of the molecule is CCCCCCCCC/C=C(/CCCCCCCCC)C(F)CCC. The van der Waals surface area contributed by atoms with Crippen LogP contribution < -0.4 is 0 Å². The molecule has 0 saturated carbocycles. The molecule has 1 heteroatoms. The van der Waals surface area contributed by atoms with Gasteiger partial charge < -0.3 is 0 Å². The zero-order valence-electron chi connectivity index (χ0n) is 17.8. The molecular formula is C24H47F. The monoisotopic (exact) mass is 354 g/mol. The summed E-state index contributed by atoms with van der Waals surface area (Å²) in [6.07, 6.45) is 23.9. The molecule has 0 aromatic rings. The molecule has 0 amide bonds. The molecule has 0 rings (SSSR count). The van der Waals surface area contributed by atoms with Crippen LogP contribution in [0.2, 0.25) is 0 Å². The van der Waals surface area contributed by atoms with Crippen molar-refractivity contribution in [3.05, 3.63) is 11.6 Å². The van der Waals surface area contributed by atoms with Gasteiger partial charge in [-0.25, -0.2) is 4.39 Å². The highest BCUT2D eigenvalue weighted by Gasteiger charge is 2.11. The molecule has 0 fully saturated rings. The maximum atomic E-state index is 14.4. The van der Waals surface area contributed by atoms with E-state index in [1.54, 1.807) is 0 Å². The van der Waals surface area contributed by atoms with Gasteiger partial charge in [0.25, 0.3) is 0 Å². The number of rotatable bonds is 19. The average molecular weight is 355 g/mol. The highest BCUT2D eigenvalue weighted by Crippen LogP contribution is 2.22. The molecule has 1 unspecified atom stereocenters. The normalized spacial score (nSPS) is 13.4. The number of hydrogen-bond donors (Lipinski definition) is 0. The summed E-state index contributed by atoms with van der Waals surface area (Å²) in [5, 5.41) is 0. The van der Waals surface area contributed by atoms with Gasteiger partial charge in [0.1, 0.15) is 6.17 Å². The third-order valence-corrected chi connectivity index (χ3v) is 5.23. The Bertz CT molecular complexity index is 282. The Morgan fingerprint density at radius 1 is 0.640 bits per heavy atom. The van der Waals surface area contributed by atoms with Crippen molar-refractivity contribution in [3.63, 3.8) is 0 Å². The quantitative estimate of drug-likeness (QED) is 0.160. The molecular weight excluding hydrogens is 307 g/mol. The Balaban J connectivity index is 3.91. The minimum absolute atomic E-state index is 0.686. The van der Waals surface area contributed by atoms with Gasteiger partial charge in [-0.05, 0) is 37.7 Å². The molecule has 0 heterocycles. The second-order valence-corrected chi connectivity index (χ2v) is 7.82. The van der Waals surface area contributed by atoms with Crippen LogP contribution in [0.5, 0.6) is 0 Å². The zero-order chi connectivity index (χ0) is 18.6. The van der Waals surface area contributed by atoms with Crippen molar-refractivity contribution in [1.29, 1.82) is 0 Å². The fourth-order valence-electron chi connectivity index (χ4n) is 3.50. The van der Waals surface area contributed by atoms with Gasteiger partial charge in [0, 0.05) is 0 Å². The Morgan fingerprint density at radius 3 is 1.64 bits per heavy atom. The molecule has 0 aliphatic rings. The van der Waals surface area contributed by atoms with Gasteiger partial charge >= 0.3 is 0 Å². The van der Waals surface area contributed by atoms with Crippen LogP contribution in [0.25, 0.3) is 0 Å². The van der Waals surface area contributed by atoms with E-state index in [1.807, 2.05) is 0 Å². The van der Waals surface area contributed by atoms with Crippen molar-refractivity contribution in [2.45, 2.75) is 143 Å². The van der Waals surface area contributed by atoms with Crippen molar-refractivity contribution in [2.24, 2.45) is 0 Å². The second kappa shape index (κ2) is 20.0. The van der Waals surface area contributed by atoms with Gasteiger partial charge in [-0.15, -0.1) is 0 Å². The largest absolute Gasteiger partial charge is 0.243 e. The highest BCUT2D eigenvalue weighted by molar-refractivity contribution is 5.08. The smallest absolute Gasteiger partial charge is 0.121 e. The first-order valence-corrected chi connectivity index (χ1v) is 11.6. The maximum absolute atomic E-state index is 14.4. The number of hydrogen-bond acceptors (Lipinski definition) is 0. The van der Waals surface area contributed by atoms with Crippen LogP contribution in [0.1, 0.15) is 136 Å². The van der Waals surface area contributed by atoms with Crippen LogP contribution in [-0.4, -0.2) is 6.17 Å². The Kier molecular flexibility index (Phi) is 19.7. The van der Waals surface area contributed by atoms with E-state index in [0.29, 0.717) is 6.42 Å². The molecule has 0 aromatic carbocycles. The molecule has 0 N–H and O–H groups in total. The van der Waals surface area contributed by atoms with Crippen LogP contribution in [0, 0.1) is 0 Å². The van der Waals surface area contributed by atoms with Crippen LogP contribution in [0.4, 0.5) is 4.39 Å². The fraction of sp³-hybridized carbons (Fsp3) is 0.917. The lowest BCUT2D eigenvalue weighted by molar-refractivity contribution is 0.346. The van der Waals surface area contributed by atoms with Gasteiger partial charge in [-0.1, -0.05) is 110 Å². The zero-order valence-corrected chi connectivity index (χ0v) is 17.8. The van der Waals surface area contributed by atoms with E-state index >= 15 is 0 Å². The summed E-state index contributed by atoms with van der Waals surface area (Å²) in [6.45, 7) is 6.62. The van der Waals surface area contributed by atoms with E-state index in [9.17, 15) is 4.39 Å². The van der Waals surface area contributed by atoms with Crippen LogP contribution in [0.3, 0.4) is 0 Å². The standard InChI is InChI=1S/C24H47F/c1-4-7-9-11-13-15-17-19-22-23(24(25)20-6-3)21-18-16-14-12-10-8-5-2/h22,24H,4-21H2,1-3H3/b23-22-. The minimum Gasteiger partial charge on any atom is -0.243 e. The average Bonchev–Trinajstić information content (AvgIpc) is 2.61. The van der Waals surface area contributed by atoms with Gasteiger partial charge in [-0.2, -0.15) is 0 Å². The third-order valence-electron chi connectivity index (χ3n) is 5.23. The van der Waals surface area contributed by atoms with E-state index in [0.717, 1.165) is 24.8 Å². The van der Waals surface area contributed by atoms with Gasteiger partial charge in [0.2, 0.25) is 0 Å². The number of alkyl halides is 1. The number of halogens is 1. The molecule has 0 saturated heterocycles. The van der Waals surface area contributed by atoms with Gasteiger partial charge in [0.15, 0.2) is 0 Å². The molecule has 0 aromatic heterocycles. The summed E-state index contributed by atoms with van der Waals surface area (Å²) in [6, 6.07) is 0. The van der Waals surface area contributed by atoms with E-state index < -0.39 is 6.17 Å². The van der Waals surface area contributed by atoms with Gasteiger partial charge in [-0.3, -0.25) is 0 Å². The summed E-state index contributed by atoms with van der Waals surface area (Å²) in [7, 11) is 0. The van der Waals surface area contributed by atoms with Crippen molar-refractivity contribution in [1.82, 2.24) is 0 Å². The predicted octanol–water partition coefficient (Wildman–Crippen LogP) is 9.33. The molecule has 0 spiro atoms. The highest BCUT2D eigenvalue weighted by atomic mass is 19.1. The first-order chi connectivity index (χ1) is 12.3. The second-order valence-electron chi connectivity index (χ2n) is 7.82. The van der Waals surface area contributed by atoms with E-state index in [1.165, 1.54) is 89.9 Å². The molecule has 0 radical (unpaired) electrons. The molecule has 0 aliphatic heterocycles. The van der Waals surface area contributed by atoms with Crippen LogP contribution in [-0.2, 0) is 0 Å². The van der Waals surface area contributed by atoms with Gasteiger partial charge in [0.05, 0.1) is 0 Å². The molecule has 25 heavy (non-hydrogen) atoms. The molecule has 0 bridgehead atoms. The van der Waals surface area contributed by atoms with Crippen LogP contribution >= 0.6 is 0 Å².